The number of nitrogens with zero attached hydrogens (tertiary/aromatic N) is 4. The average Bonchev–Trinajstić information content (AvgIpc) is 2.18. The van der Waals surface area contributed by atoms with Crippen molar-refractivity contribution in [2.24, 2.45) is 15.7 Å². The highest BCUT2D eigenvalue weighted by molar-refractivity contribution is 5.88. The smallest absolute Gasteiger partial charge is 0.338 e. The van der Waals surface area contributed by atoms with Gasteiger partial charge in [0.1, 0.15) is 5.84 Å². The summed E-state index contributed by atoms with van der Waals surface area (Å²) in [5.41, 5.74) is 5.06. The molecular formula is C8H9N5O2. The maximum Gasteiger partial charge on any atom is 0.338 e. The van der Waals surface area contributed by atoms with E-state index in [0.717, 1.165) is 6.34 Å². The molecule has 0 aliphatic carbocycles. The molecule has 0 radical (unpaired) electrons. The number of rotatable bonds is 2. The lowest BCUT2D eigenvalue weighted by Gasteiger charge is -1.94. The largest absolute Gasteiger partial charge is 0.478 e. The molecule has 0 unspecified atom stereocenters. The third-order valence-corrected chi connectivity index (χ3v) is 1.41. The predicted molar refractivity (Wildman–Crippen MR) is 54.4 cm³/mol. The van der Waals surface area contributed by atoms with Crippen LogP contribution in [0.3, 0.4) is 0 Å². The van der Waals surface area contributed by atoms with Gasteiger partial charge in [0.2, 0.25) is 0 Å². The van der Waals surface area contributed by atoms with Crippen LogP contribution in [0, 0.1) is 0 Å². The Morgan fingerprint density at radius 2 is 2.13 bits per heavy atom. The summed E-state index contributed by atoms with van der Waals surface area (Å²) in [6.07, 6.45) is 3.45. The summed E-state index contributed by atoms with van der Waals surface area (Å²) in [7, 11) is 0. The molecule has 7 heteroatoms. The Hall–Kier alpha value is -2.31. The van der Waals surface area contributed by atoms with Crippen molar-refractivity contribution in [3.05, 3.63) is 18.0 Å². The molecular weight excluding hydrogens is 198 g/mol. The van der Waals surface area contributed by atoms with E-state index in [0.29, 0.717) is 5.84 Å². The molecule has 3 N–H and O–H groups in total. The van der Waals surface area contributed by atoms with Crippen molar-refractivity contribution in [3.8, 4) is 0 Å². The summed E-state index contributed by atoms with van der Waals surface area (Å²) < 4.78 is 0. The molecule has 1 aromatic rings. The van der Waals surface area contributed by atoms with Crippen LogP contribution >= 0.6 is 0 Å². The first kappa shape index (κ1) is 10.8. The lowest BCUT2D eigenvalue weighted by atomic mass is 10.4. The summed E-state index contributed by atoms with van der Waals surface area (Å²) in [6, 6.07) is 0. The van der Waals surface area contributed by atoms with Gasteiger partial charge >= 0.3 is 5.97 Å². The number of nitrogens with two attached hydrogens (primary N) is 1. The number of carboxylic acid groups (broad SMARTS) is 1. The SMILES string of the molecule is CC(N=CN)=Nc1ncc(C(=O)O)cn1. The first-order chi connectivity index (χ1) is 7.13. The topological polar surface area (TPSA) is 114 Å². The fraction of sp³-hybridized carbons (Fsp3) is 0.125. The van der Waals surface area contributed by atoms with Gasteiger partial charge in [0.15, 0.2) is 0 Å². The minimum absolute atomic E-state index is 0.00827. The molecule has 0 aromatic carbocycles. The van der Waals surface area contributed by atoms with Crippen LogP contribution in [0.15, 0.2) is 22.4 Å². The van der Waals surface area contributed by atoms with Crippen LogP contribution in [0.1, 0.15) is 17.3 Å². The van der Waals surface area contributed by atoms with Gasteiger partial charge < -0.3 is 10.8 Å². The predicted octanol–water partition coefficient (Wildman–Crippen LogP) is 0.212. The van der Waals surface area contributed by atoms with Gasteiger partial charge in [-0.05, 0) is 6.92 Å². The van der Waals surface area contributed by atoms with E-state index in [1.165, 1.54) is 12.4 Å². The Kier molecular flexibility index (Phi) is 3.44. The highest BCUT2D eigenvalue weighted by atomic mass is 16.4. The van der Waals surface area contributed by atoms with Crippen LogP contribution in [0.25, 0.3) is 0 Å². The molecule has 0 saturated heterocycles. The van der Waals surface area contributed by atoms with Gasteiger partial charge in [-0.3, -0.25) is 0 Å². The Bertz CT molecular complexity index is 410. The van der Waals surface area contributed by atoms with Crippen molar-refractivity contribution in [1.82, 2.24) is 9.97 Å². The zero-order chi connectivity index (χ0) is 11.3. The van der Waals surface area contributed by atoms with E-state index in [1.54, 1.807) is 6.92 Å². The van der Waals surface area contributed by atoms with Crippen LogP contribution in [-0.4, -0.2) is 33.2 Å². The second kappa shape index (κ2) is 4.80. The molecule has 1 aromatic heterocycles. The fourth-order valence-electron chi connectivity index (χ4n) is 0.771. The molecule has 0 atom stereocenters. The summed E-state index contributed by atoms with van der Waals surface area (Å²) in [5, 5.41) is 8.59. The van der Waals surface area contributed by atoms with Gasteiger partial charge in [0.25, 0.3) is 5.95 Å². The summed E-state index contributed by atoms with van der Waals surface area (Å²) in [6.45, 7) is 1.62. The van der Waals surface area contributed by atoms with Crippen molar-refractivity contribution < 1.29 is 9.90 Å². The van der Waals surface area contributed by atoms with E-state index >= 15 is 0 Å². The maximum atomic E-state index is 10.5. The van der Waals surface area contributed by atoms with Crippen LogP contribution in [0.4, 0.5) is 5.95 Å². The Balaban J connectivity index is 2.90. The van der Waals surface area contributed by atoms with Crippen LogP contribution in [0.5, 0.6) is 0 Å². The van der Waals surface area contributed by atoms with Crippen molar-refractivity contribution in [1.29, 1.82) is 0 Å². The minimum Gasteiger partial charge on any atom is -0.478 e. The highest BCUT2D eigenvalue weighted by Gasteiger charge is 2.03. The molecule has 0 spiro atoms. The fourth-order valence-corrected chi connectivity index (χ4v) is 0.771. The maximum absolute atomic E-state index is 10.5. The van der Waals surface area contributed by atoms with E-state index in [9.17, 15) is 4.79 Å². The van der Waals surface area contributed by atoms with Gasteiger partial charge in [-0.1, -0.05) is 0 Å². The van der Waals surface area contributed by atoms with Gasteiger partial charge in [-0.15, -0.1) is 0 Å². The molecule has 0 bridgehead atoms. The first-order valence-electron chi connectivity index (χ1n) is 3.98. The van der Waals surface area contributed by atoms with Crippen molar-refractivity contribution >= 4 is 24.1 Å². The van der Waals surface area contributed by atoms with E-state index in [-0.39, 0.29) is 11.5 Å². The zero-order valence-corrected chi connectivity index (χ0v) is 7.95. The van der Waals surface area contributed by atoms with Crippen LogP contribution in [-0.2, 0) is 0 Å². The molecule has 0 aliphatic rings. The quantitative estimate of drug-likeness (QED) is 0.531. The summed E-state index contributed by atoms with van der Waals surface area (Å²) >= 11 is 0. The van der Waals surface area contributed by atoms with Crippen molar-refractivity contribution in [2.45, 2.75) is 6.92 Å². The van der Waals surface area contributed by atoms with Gasteiger partial charge in [0.05, 0.1) is 11.9 Å². The number of aromatic carboxylic acids is 1. The molecule has 0 amide bonds. The van der Waals surface area contributed by atoms with Gasteiger partial charge in [-0.25, -0.2) is 19.8 Å². The molecule has 15 heavy (non-hydrogen) atoms. The summed E-state index contributed by atoms with van der Waals surface area (Å²) in [4.78, 5) is 25.5. The summed E-state index contributed by atoms with van der Waals surface area (Å²) in [5.74, 6) is -0.550. The minimum atomic E-state index is -1.08. The number of carbonyl (C=O) groups is 1. The Morgan fingerprint density at radius 1 is 1.53 bits per heavy atom. The van der Waals surface area contributed by atoms with Crippen LogP contribution < -0.4 is 5.73 Å². The number of amidine groups is 1. The van der Waals surface area contributed by atoms with Gasteiger partial charge in [0, 0.05) is 12.4 Å². The lowest BCUT2D eigenvalue weighted by Crippen LogP contribution is -1.98. The van der Waals surface area contributed by atoms with Crippen molar-refractivity contribution in [3.63, 3.8) is 0 Å². The number of hydrogen-bond donors (Lipinski definition) is 2. The van der Waals surface area contributed by atoms with E-state index in [2.05, 4.69) is 20.0 Å². The average molecular weight is 207 g/mol. The molecule has 1 rings (SSSR count). The third kappa shape index (κ3) is 3.14. The molecule has 1 heterocycles. The number of carboxylic acids is 1. The second-order valence-corrected chi connectivity index (χ2v) is 2.51. The molecule has 0 saturated carbocycles. The van der Waals surface area contributed by atoms with Gasteiger partial charge in [-0.2, -0.15) is 4.99 Å². The number of aromatic nitrogens is 2. The third-order valence-electron chi connectivity index (χ3n) is 1.41. The Labute approximate surface area is 85.4 Å². The molecule has 7 nitrogen and oxygen atoms in total. The monoisotopic (exact) mass is 207 g/mol. The van der Waals surface area contributed by atoms with E-state index in [4.69, 9.17) is 10.8 Å². The zero-order valence-electron chi connectivity index (χ0n) is 7.95. The van der Waals surface area contributed by atoms with E-state index < -0.39 is 5.97 Å². The molecule has 0 aliphatic heterocycles. The molecule has 0 fully saturated rings. The number of hydrogen-bond acceptors (Lipinski definition) is 4. The van der Waals surface area contributed by atoms with Crippen molar-refractivity contribution in [2.75, 3.05) is 0 Å². The lowest BCUT2D eigenvalue weighted by molar-refractivity contribution is 0.0696. The second-order valence-electron chi connectivity index (χ2n) is 2.51. The highest BCUT2D eigenvalue weighted by Crippen LogP contribution is 2.04. The van der Waals surface area contributed by atoms with E-state index in [1.807, 2.05) is 0 Å². The normalized spacial score (nSPS) is 11.9. The first-order valence-corrected chi connectivity index (χ1v) is 3.98. The number of aliphatic imine (C=N–C) groups is 2. The standard InChI is InChI=1S/C8H9N5O2/c1-5(12-4-9)13-8-10-2-6(3-11-8)7(14)15/h2-4H,1H3,(H,14,15)(H2,9,10,11,12,13). The Morgan fingerprint density at radius 3 is 2.60 bits per heavy atom. The molecule has 78 valence electrons. The van der Waals surface area contributed by atoms with Crippen LogP contribution in [0.2, 0.25) is 0 Å².